The molecule has 0 saturated carbocycles. The summed E-state index contributed by atoms with van der Waals surface area (Å²) in [5.41, 5.74) is 3.70. The Bertz CT molecular complexity index is 864. The highest BCUT2D eigenvalue weighted by atomic mass is 16.6. The van der Waals surface area contributed by atoms with Gasteiger partial charge < -0.3 is 19.3 Å². The number of ether oxygens (including phenoxy) is 2. The third-order valence-electron chi connectivity index (χ3n) is 5.54. The van der Waals surface area contributed by atoms with Gasteiger partial charge in [-0.25, -0.2) is 0 Å². The van der Waals surface area contributed by atoms with Gasteiger partial charge in [-0.2, -0.15) is 5.26 Å². The number of anilines is 1. The number of piperidine rings is 1. The average molecular weight is 363 g/mol. The molecule has 1 saturated heterocycles. The van der Waals surface area contributed by atoms with Crippen LogP contribution in [-0.2, 0) is 0 Å². The summed E-state index contributed by atoms with van der Waals surface area (Å²) < 4.78 is 11.3. The molecular weight excluding hydrogens is 338 g/mol. The van der Waals surface area contributed by atoms with Crippen LogP contribution in [0.5, 0.6) is 11.5 Å². The van der Waals surface area contributed by atoms with E-state index in [0.29, 0.717) is 19.3 Å². The highest BCUT2D eigenvalue weighted by Crippen LogP contribution is 2.38. The first-order valence-corrected chi connectivity index (χ1v) is 9.52. The number of nitrogens with zero attached hydrogens (tertiary/aromatic N) is 3. The highest BCUT2D eigenvalue weighted by molar-refractivity contribution is 5.79. The van der Waals surface area contributed by atoms with Crippen LogP contribution in [0.4, 0.5) is 5.69 Å². The number of rotatable bonds is 3. The molecule has 0 amide bonds. The summed E-state index contributed by atoms with van der Waals surface area (Å²) in [5, 5.41) is 9.93. The van der Waals surface area contributed by atoms with Crippen LogP contribution in [-0.4, -0.2) is 51.3 Å². The summed E-state index contributed by atoms with van der Waals surface area (Å²) >= 11 is 0. The summed E-state index contributed by atoms with van der Waals surface area (Å²) in [6.07, 6.45) is 2.23. The Morgan fingerprint density at radius 1 is 1.04 bits per heavy atom. The molecule has 5 nitrogen and oxygen atoms in total. The van der Waals surface area contributed by atoms with E-state index in [1.807, 2.05) is 30.3 Å². The second-order valence-corrected chi connectivity index (χ2v) is 7.35. The van der Waals surface area contributed by atoms with Gasteiger partial charge in [0.05, 0.1) is 11.3 Å². The molecule has 2 aliphatic rings. The molecule has 0 N–H and O–H groups in total. The lowest BCUT2D eigenvalue weighted by atomic mass is 9.96. The van der Waals surface area contributed by atoms with Crippen LogP contribution in [0.3, 0.4) is 0 Å². The molecule has 0 atom stereocenters. The Balaban J connectivity index is 1.66. The summed E-state index contributed by atoms with van der Waals surface area (Å²) in [4.78, 5) is 4.65. The molecule has 0 aromatic heterocycles. The van der Waals surface area contributed by atoms with Gasteiger partial charge in [0.2, 0.25) is 0 Å². The van der Waals surface area contributed by atoms with Gasteiger partial charge in [0.25, 0.3) is 0 Å². The van der Waals surface area contributed by atoms with E-state index in [9.17, 15) is 5.26 Å². The molecule has 2 aliphatic heterocycles. The first kappa shape index (κ1) is 17.7. The van der Waals surface area contributed by atoms with Crippen molar-refractivity contribution in [3.05, 3.63) is 42.0 Å². The largest absolute Gasteiger partial charge is 0.486 e. The fourth-order valence-corrected chi connectivity index (χ4v) is 4.00. The molecule has 0 aliphatic carbocycles. The minimum Gasteiger partial charge on any atom is -0.486 e. The zero-order valence-electron chi connectivity index (χ0n) is 15.9. The lowest BCUT2D eigenvalue weighted by Crippen LogP contribution is -2.42. The predicted octanol–water partition coefficient (Wildman–Crippen LogP) is 3.53. The quantitative estimate of drug-likeness (QED) is 0.835. The maximum atomic E-state index is 9.93. The lowest BCUT2D eigenvalue weighted by molar-refractivity contribution is 0.171. The molecule has 2 aromatic carbocycles. The Kier molecular flexibility index (Phi) is 4.91. The first-order valence-electron chi connectivity index (χ1n) is 9.52. The third-order valence-corrected chi connectivity index (χ3v) is 5.54. The molecule has 0 unspecified atom stereocenters. The Hall–Kier alpha value is -2.71. The van der Waals surface area contributed by atoms with Crippen LogP contribution in [0.25, 0.3) is 11.1 Å². The van der Waals surface area contributed by atoms with Gasteiger partial charge in [-0.05, 0) is 50.7 Å². The lowest BCUT2D eigenvalue weighted by Gasteiger charge is -2.37. The summed E-state index contributed by atoms with van der Waals surface area (Å²) in [7, 11) is 4.28. The van der Waals surface area contributed by atoms with Crippen LogP contribution in [0, 0.1) is 11.3 Å². The fraction of sp³-hybridized carbons (Fsp3) is 0.409. The fourth-order valence-electron chi connectivity index (χ4n) is 4.00. The zero-order valence-corrected chi connectivity index (χ0v) is 15.9. The van der Waals surface area contributed by atoms with E-state index < -0.39 is 0 Å². The van der Waals surface area contributed by atoms with E-state index in [1.165, 1.54) is 0 Å². The van der Waals surface area contributed by atoms with Gasteiger partial charge in [-0.15, -0.1) is 0 Å². The number of benzene rings is 2. The Morgan fingerprint density at radius 2 is 1.78 bits per heavy atom. The van der Waals surface area contributed by atoms with Crippen molar-refractivity contribution in [2.24, 2.45) is 0 Å². The first-order chi connectivity index (χ1) is 13.2. The van der Waals surface area contributed by atoms with Crippen molar-refractivity contribution in [3.8, 4) is 28.7 Å². The van der Waals surface area contributed by atoms with Gasteiger partial charge in [0.15, 0.2) is 11.5 Å². The van der Waals surface area contributed by atoms with Crippen molar-refractivity contribution in [1.29, 1.82) is 5.26 Å². The van der Waals surface area contributed by atoms with Crippen molar-refractivity contribution in [2.45, 2.75) is 18.9 Å². The number of fused-ring (bicyclic) bond motifs is 1. The maximum absolute atomic E-state index is 9.93. The molecule has 0 radical (unpaired) electrons. The summed E-state index contributed by atoms with van der Waals surface area (Å²) in [5.74, 6) is 1.52. The minimum atomic E-state index is 0.558. The number of hydrogen-bond acceptors (Lipinski definition) is 5. The third kappa shape index (κ3) is 3.45. The van der Waals surface area contributed by atoms with Crippen molar-refractivity contribution in [2.75, 3.05) is 45.3 Å². The normalized spacial score (nSPS) is 17.0. The summed E-state index contributed by atoms with van der Waals surface area (Å²) in [6.45, 7) is 3.08. The molecule has 27 heavy (non-hydrogen) atoms. The highest BCUT2D eigenvalue weighted by Gasteiger charge is 2.24. The van der Waals surface area contributed by atoms with E-state index in [0.717, 1.165) is 59.8 Å². The maximum Gasteiger partial charge on any atom is 0.161 e. The van der Waals surface area contributed by atoms with E-state index >= 15 is 0 Å². The van der Waals surface area contributed by atoms with Gasteiger partial charge in [0.1, 0.15) is 19.3 Å². The average Bonchev–Trinajstić information content (AvgIpc) is 2.72. The molecule has 2 aromatic rings. The topological polar surface area (TPSA) is 48.7 Å². The van der Waals surface area contributed by atoms with E-state index in [1.54, 1.807) is 0 Å². The summed E-state index contributed by atoms with van der Waals surface area (Å²) in [6, 6.07) is 15.1. The Morgan fingerprint density at radius 3 is 2.48 bits per heavy atom. The Labute approximate surface area is 160 Å². The standard InChI is InChI=1S/C22H25N3O2/c1-24(2)17-8-10-25(11-9-17)20-5-3-4-18(19(20)15-23)16-6-7-21-22(14-16)27-13-12-26-21/h3-7,14,17H,8-13H2,1-2H3. The molecule has 0 bridgehead atoms. The van der Waals surface area contributed by atoms with Crippen molar-refractivity contribution in [1.82, 2.24) is 4.90 Å². The number of nitriles is 1. The molecule has 4 rings (SSSR count). The van der Waals surface area contributed by atoms with Gasteiger partial charge >= 0.3 is 0 Å². The number of hydrogen-bond donors (Lipinski definition) is 0. The molecule has 0 spiro atoms. The minimum absolute atomic E-state index is 0.558. The van der Waals surface area contributed by atoms with E-state index in [4.69, 9.17) is 9.47 Å². The predicted molar refractivity (Wildman–Crippen MR) is 107 cm³/mol. The molecular formula is C22H25N3O2. The zero-order chi connectivity index (χ0) is 18.8. The van der Waals surface area contributed by atoms with Crippen LogP contribution in [0.2, 0.25) is 0 Å². The second-order valence-electron chi connectivity index (χ2n) is 7.35. The monoisotopic (exact) mass is 363 g/mol. The molecule has 5 heteroatoms. The molecule has 2 heterocycles. The molecule has 1 fully saturated rings. The van der Waals surface area contributed by atoms with Crippen LogP contribution >= 0.6 is 0 Å². The van der Waals surface area contributed by atoms with Crippen molar-refractivity contribution >= 4 is 5.69 Å². The van der Waals surface area contributed by atoms with Gasteiger partial charge in [-0.1, -0.05) is 18.2 Å². The van der Waals surface area contributed by atoms with Crippen molar-refractivity contribution in [3.63, 3.8) is 0 Å². The van der Waals surface area contributed by atoms with Crippen LogP contribution in [0.1, 0.15) is 18.4 Å². The van der Waals surface area contributed by atoms with E-state index in [-0.39, 0.29) is 0 Å². The second kappa shape index (κ2) is 7.50. The van der Waals surface area contributed by atoms with Gasteiger partial charge in [0, 0.05) is 24.7 Å². The smallest absolute Gasteiger partial charge is 0.161 e. The van der Waals surface area contributed by atoms with Gasteiger partial charge in [-0.3, -0.25) is 0 Å². The van der Waals surface area contributed by atoms with Crippen LogP contribution in [0.15, 0.2) is 36.4 Å². The van der Waals surface area contributed by atoms with E-state index in [2.05, 4.69) is 36.0 Å². The SMILES string of the molecule is CN(C)C1CCN(c2cccc(-c3ccc4c(c3)OCCO4)c2C#N)CC1. The van der Waals surface area contributed by atoms with Crippen molar-refractivity contribution < 1.29 is 9.47 Å². The molecule has 140 valence electrons. The van der Waals surface area contributed by atoms with Crippen LogP contribution < -0.4 is 14.4 Å².